The minimum atomic E-state index is -0.218. The van der Waals surface area contributed by atoms with Crippen LogP contribution in [-0.4, -0.2) is 5.97 Å². The fraction of sp³-hybridized carbons (Fsp3) is 0.350. The highest BCUT2D eigenvalue weighted by atomic mass is 16.5. The Hall–Kier alpha value is -2.09. The largest absolute Gasteiger partial charge is 0.460 e. The molecule has 2 rings (SSSR count). The van der Waals surface area contributed by atoms with Gasteiger partial charge in [-0.25, -0.2) is 0 Å². The van der Waals surface area contributed by atoms with Gasteiger partial charge in [0.2, 0.25) is 0 Å². The van der Waals surface area contributed by atoms with Crippen molar-refractivity contribution in [3.8, 4) is 0 Å². The molecule has 0 aliphatic heterocycles. The maximum atomic E-state index is 12.6. The molecule has 0 fully saturated rings. The van der Waals surface area contributed by atoms with E-state index >= 15 is 0 Å². The number of benzene rings is 2. The van der Waals surface area contributed by atoms with Crippen molar-refractivity contribution in [2.75, 3.05) is 0 Å². The number of hydrogen-bond donors (Lipinski definition) is 0. The highest BCUT2D eigenvalue weighted by Crippen LogP contribution is 2.32. The van der Waals surface area contributed by atoms with Crippen LogP contribution in [0.2, 0.25) is 0 Å². The third-order valence-electron chi connectivity index (χ3n) is 3.53. The second kappa shape index (κ2) is 7.26. The molecule has 0 unspecified atom stereocenters. The van der Waals surface area contributed by atoms with E-state index in [1.165, 1.54) is 0 Å². The van der Waals surface area contributed by atoms with Gasteiger partial charge in [-0.2, -0.15) is 0 Å². The number of ether oxygens (including phenoxy) is 1. The Bertz CT molecular complexity index is 582. The zero-order chi connectivity index (χ0) is 16.0. The Balaban J connectivity index is 2.09. The second-order valence-electron chi connectivity index (χ2n) is 6.82. The van der Waals surface area contributed by atoms with Crippen molar-refractivity contribution in [3.63, 3.8) is 0 Å². The van der Waals surface area contributed by atoms with Crippen molar-refractivity contribution in [1.29, 1.82) is 0 Å². The molecule has 0 aliphatic rings. The van der Waals surface area contributed by atoms with Gasteiger partial charge in [0.25, 0.3) is 0 Å². The number of rotatable bonds is 5. The number of carbonyl (C=O) groups is 1. The fourth-order valence-corrected chi connectivity index (χ4v) is 2.46. The Morgan fingerprint density at radius 2 is 1.50 bits per heavy atom. The molecule has 0 heterocycles. The van der Waals surface area contributed by atoms with Crippen LogP contribution in [0.3, 0.4) is 0 Å². The molecule has 2 aromatic rings. The van der Waals surface area contributed by atoms with Crippen LogP contribution in [0, 0.1) is 5.41 Å². The summed E-state index contributed by atoms with van der Waals surface area (Å²) in [5.74, 6) is -0.366. The summed E-state index contributed by atoms with van der Waals surface area (Å²) in [5.41, 5.74) is 2.10. The van der Waals surface area contributed by atoms with E-state index in [2.05, 4.69) is 20.8 Å². The van der Waals surface area contributed by atoms with E-state index in [1.54, 1.807) is 0 Å². The monoisotopic (exact) mass is 296 g/mol. The van der Waals surface area contributed by atoms with Crippen LogP contribution in [0.4, 0.5) is 0 Å². The molecule has 116 valence electrons. The van der Waals surface area contributed by atoms with E-state index in [-0.39, 0.29) is 17.3 Å². The van der Waals surface area contributed by atoms with Crippen molar-refractivity contribution in [3.05, 3.63) is 71.8 Å². The predicted octanol–water partition coefficient (Wildman–Crippen LogP) is 4.95. The number of carbonyl (C=O) groups excluding carboxylic acids is 1. The molecule has 0 saturated heterocycles. The van der Waals surface area contributed by atoms with Gasteiger partial charge in [-0.1, -0.05) is 81.4 Å². The lowest BCUT2D eigenvalue weighted by Gasteiger charge is -2.25. The first kappa shape index (κ1) is 16.3. The van der Waals surface area contributed by atoms with Gasteiger partial charge in [0, 0.05) is 0 Å². The van der Waals surface area contributed by atoms with Gasteiger partial charge in [0.05, 0.1) is 5.92 Å². The van der Waals surface area contributed by atoms with Crippen molar-refractivity contribution < 1.29 is 9.53 Å². The first-order chi connectivity index (χ1) is 10.5. The molecule has 2 heteroatoms. The van der Waals surface area contributed by atoms with E-state index in [4.69, 9.17) is 4.74 Å². The molecule has 0 radical (unpaired) electrons. The van der Waals surface area contributed by atoms with E-state index in [0.29, 0.717) is 6.61 Å². The third kappa shape index (κ3) is 5.03. The molecule has 22 heavy (non-hydrogen) atoms. The van der Waals surface area contributed by atoms with Crippen LogP contribution in [0.25, 0.3) is 0 Å². The molecule has 0 saturated carbocycles. The third-order valence-corrected chi connectivity index (χ3v) is 3.53. The van der Waals surface area contributed by atoms with E-state index in [0.717, 1.165) is 17.5 Å². The summed E-state index contributed by atoms with van der Waals surface area (Å²) >= 11 is 0. The summed E-state index contributed by atoms with van der Waals surface area (Å²) in [7, 11) is 0. The summed E-state index contributed by atoms with van der Waals surface area (Å²) in [6, 6.07) is 19.7. The molecule has 0 bridgehead atoms. The Labute approximate surface area is 133 Å². The Kier molecular flexibility index (Phi) is 5.37. The minimum Gasteiger partial charge on any atom is -0.460 e. The average Bonchev–Trinajstić information content (AvgIpc) is 2.51. The summed E-state index contributed by atoms with van der Waals surface area (Å²) in [6.07, 6.45) is 0.768. The van der Waals surface area contributed by atoms with E-state index in [1.807, 2.05) is 60.7 Å². The first-order valence-corrected chi connectivity index (χ1v) is 7.71. The van der Waals surface area contributed by atoms with Crippen molar-refractivity contribution in [2.45, 2.75) is 39.7 Å². The van der Waals surface area contributed by atoms with Crippen LogP contribution in [0.1, 0.15) is 44.2 Å². The SMILES string of the molecule is CC(C)(C)C[C@@H](C(=O)OCc1ccccc1)c1ccccc1. The van der Waals surface area contributed by atoms with Crippen LogP contribution in [0.5, 0.6) is 0 Å². The van der Waals surface area contributed by atoms with Crippen LogP contribution >= 0.6 is 0 Å². The topological polar surface area (TPSA) is 26.3 Å². The lowest BCUT2D eigenvalue weighted by Crippen LogP contribution is -2.21. The Morgan fingerprint density at radius 1 is 0.955 bits per heavy atom. The molecule has 2 aromatic carbocycles. The number of esters is 1. The molecule has 0 aliphatic carbocycles. The zero-order valence-corrected chi connectivity index (χ0v) is 13.6. The summed E-state index contributed by atoms with van der Waals surface area (Å²) in [6.45, 7) is 6.77. The molecule has 0 N–H and O–H groups in total. The van der Waals surface area contributed by atoms with Gasteiger partial charge < -0.3 is 4.74 Å². The second-order valence-corrected chi connectivity index (χ2v) is 6.82. The zero-order valence-electron chi connectivity index (χ0n) is 13.6. The van der Waals surface area contributed by atoms with Gasteiger partial charge in [-0.3, -0.25) is 4.79 Å². The Morgan fingerprint density at radius 3 is 2.05 bits per heavy atom. The van der Waals surface area contributed by atoms with Crippen LogP contribution in [-0.2, 0) is 16.1 Å². The van der Waals surface area contributed by atoms with E-state index < -0.39 is 0 Å². The normalized spacial score (nSPS) is 12.7. The van der Waals surface area contributed by atoms with Gasteiger partial charge >= 0.3 is 5.97 Å². The molecular formula is C20H24O2. The van der Waals surface area contributed by atoms with Gasteiger partial charge in [0.1, 0.15) is 6.61 Å². The van der Waals surface area contributed by atoms with Crippen molar-refractivity contribution in [2.24, 2.45) is 5.41 Å². The summed E-state index contributed by atoms with van der Waals surface area (Å²) < 4.78 is 5.55. The van der Waals surface area contributed by atoms with Crippen molar-refractivity contribution in [1.82, 2.24) is 0 Å². The van der Waals surface area contributed by atoms with E-state index in [9.17, 15) is 4.79 Å². The average molecular weight is 296 g/mol. The molecule has 1 atom stereocenters. The highest BCUT2D eigenvalue weighted by Gasteiger charge is 2.27. The van der Waals surface area contributed by atoms with Crippen LogP contribution < -0.4 is 0 Å². The molecule has 0 spiro atoms. The maximum Gasteiger partial charge on any atom is 0.313 e. The minimum absolute atomic E-state index is 0.0618. The maximum absolute atomic E-state index is 12.6. The van der Waals surface area contributed by atoms with Gasteiger partial charge in [0.15, 0.2) is 0 Å². The first-order valence-electron chi connectivity index (χ1n) is 7.71. The number of hydrogen-bond acceptors (Lipinski definition) is 2. The molecular weight excluding hydrogens is 272 g/mol. The highest BCUT2D eigenvalue weighted by molar-refractivity contribution is 5.78. The molecule has 2 nitrogen and oxygen atoms in total. The summed E-state index contributed by atoms with van der Waals surface area (Å²) in [5, 5.41) is 0. The quantitative estimate of drug-likeness (QED) is 0.730. The van der Waals surface area contributed by atoms with Gasteiger partial charge in [-0.15, -0.1) is 0 Å². The van der Waals surface area contributed by atoms with Gasteiger partial charge in [-0.05, 0) is 23.0 Å². The van der Waals surface area contributed by atoms with Crippen molar-refractivity contribution >= 4 is 5.97 Å². The molecule has 0 amide bonds. The molecule has 0 aromatic heterocycles. The summed E-state index contributed by atoms with van der Waals surface area (Å²) in [4.78, 5) is 12.6. The lowest BCUT2D eigenvalue weighted by molar-refractivity contribution is -0.147. The fourth-order valence-electron chi connectivity index (χ4n) is 2.46. The standard InChI is InChI=1S/C20H24O2/c1-20(2,3)14-18(17-12-8-5-9-13-17)19(21)22-15-16-10-6-4-7-11-16/h4-13,18H,14-15H2,1-3H3/t18-/m1/s1. The smallest absolute Gasteiger partial charge is 0.313 e. The van der Waals surface area contributed by atoms with Crippen LogP contribution in [0.15, 0.2) is 60.7 Å². The lowest BCUT2D eigenvalue weighted by atomic mass is 9.81. The predicted molar refractivity (Wildman–Crippen MR) is 89.5 cm³/mol.